The van der Waals surface area contributed by atoms with E-state index in [4.69, 9.17) is 0 Å². The molecule has 0 unspecified atom stereocenters. The standard InChI is InChI=1S/C57H42N2.C54H38N2/c1-57(2)53-37-44(43-27-35-56-52(36-43)51-20-12-13-21-55(51)59(56)45-18-10-5-11-19-45)26-33-49(53)50-34-32-48(38-54(50)57)58(46-28-22-41(23-29-46)39-14-6-3-7-15-39)47-30-24-42(25-31-47)40-16-8-4-9-17-40;1-5-13-39(14-6-1)42-25-31-49(32-26-42)55(47-17-9-3-10-18-47)50-33-27-43(28-34-50)41-21-23-44(24-22-41)46-30-36-54-52(38-46)51-37-45(40-15-7-2-8-16-40)29-35-53(51)56(54)48-19-11-4-12-20-48/h3-38H,1-2H3;1-38H. The van der Waals surface area contributed by atoms with Crippen molar-refractivity contribution in [1.29, 1.82) is 0 Å². The second kappa shape index (κ2) is 29.8. The van der Waals surface area contributed by atoms with Crippen molar-refractivity contribution in [2.24, 2.45) is 0 Å². The van der Waals surface area contributed by atoms with Crippen molar-refractivity contribution in [3.05, 3.63) is 460 Å². The van der Waals surface area contributed by atoms with E-state index in [1.54, 1.807) is 0 Å². The van der Waals surface area contributed by atoms with Crippen LogP contribution in [-0.4, -0.2) is 9.13 Å². The molecule has 0 N–H and O–H groups in total. The van der Waals surface area contributed by atoms with E-state index in [0.29, 0.717) is 0 Å². The van der Waals surface area contributed by atoms with Gasteiger partial charge in [0.05, 0.1) is 22.1 Å². The molecule has 544 valence electrons. The highest BCUT2D eigenvalue weighted by atomic mass is 15.1. The normalized spacial score (nSPS) is 12.0. The number of rotatable bonds is 15. The summed E-state index contributed by atoms with van der Waals surface area (Å²) in [5, 5.41) is 5.03. The molecule has 1 aliphatic rings. The van der Waals surface area contributed by atoms with E-state index in [9.17, 15) is 0 Å². The molecule has 0 saturated carbocycles. The van der Waals surface area contributed by atoms with Gasteiger partial charge < -0.3 is 18.9 Å². The maximum Gasteiger partial charge on any atom is 0.0541 e. The summed E-state index contributed by atoms with van der Waals surface area (Å²) in [5.74, 6) is 0. The second-order valence-electron chi connectivity index (χ2n) is 30.4. The van der Waals surface area contributed by atoms with Gasteiger partial charge in [0.15, 0.2) is 0 Å². The second-order valence-corrected chi connectivity index (χ2v) is 30.4. The molecule has 0 bridgehead atoms. The zero-order valence-corrected chi connectivity index (χ0v) is 64.0. The van der Waals surface area contributed by atoms with Crippen LogP contribution in [0.3, 0.4) is 0 Å². The number of hydrogen-bond acceptors (Lipinski definition) is 2. The molecule has 21 rings (SSSR count). The molecule has 2 aromatic heterocycles. The third-order valence-corrected chi connectivity index (χ3v) is 23.2. The number of nitrogens with zero attached hydrogens (tertiary/aromatic N) is 4. The van der Waals surface area contributed by atoms with E-state index in [1.807, 2.05) is 0 Å². The van der Waals surface area contributed by atoms with Crippen LogP contribution >= 0.6 is 0 Å². The zero-order chi connectivity index (χ0) is 76.8. The lowest BCUT2D eigenvalue weighted by Crippen LogP contribution is -2.16. The number of aromatic nitrogens is 2. The lowest BCUT2D eigenvalue weighted by Gasteiger charge is -2.28. The first-order valence-electron chi connectivity index (χ1n) is 39.7. The van der Waals surface area contributed by atoms with Gasteiger partial charge >= 0.3 is 0 Å². The van der Waals surface area contributed by atoms with Crippen LogP contribution in [0.1, 0.15) is 25.0 Å². The summed E-state index contributed by atoms with van der Waals surface area (Å²) in [6.07, 6.45) is 0. The van der Waals surface area contributed by atoms with Gasteiger partial charge in [-0.1, -0.05) is 317 Å². The van der Waals surface area contributed by atoms with Crippen LogP contribution in [0.25, 0.3) is 144 Å². The minimum atomic E-state index is -0.204. The van der Waals surface area contributed by atoms with Gasteiger partial charge in [-0.3, -0.25) is 0 Å². The van der Waals surface area contributed by atoms with Crippen molar-refractivity contribution < 1.29 is 0 Å². The molecule has 4 heteroatoms. The monoisotopic (exact) mass is 1470 g/mol. The van der Waals surface area contributed by atoms with Gasteiger partial charge in [0.25, 0.3) is 0 Å². The van der Waals surface area contributed by atoms with Crippen LogP contribution in [0, 0.1) is 0 Å². The Balaban J connectivity index is 0.000000149. The first-order valence-corrected chi connectivity index (χ1v) is 39.7. The summed E-state index contributed by atoms with van der Waals surface area (Å²) in [7, 11) is 0. The Morgan fingerprint density at radius 1 is 0.174 bits per heavy atom. The highest BCUT2D eigenvalue weighted by Gasteiger charge is 2.37. The first-order chi connectivity index (χ1) is 56.8. The maximum absolute atomic E-state index is 2.44. The number of benzene rings is 18. The average Bonchev–Trinajstić information content (AvgIpc) is 1.64. The highest BCUT2D eigenvalue weighted by molar-refractivity contribution is 6.13. The first kappa shape index (κ1) is 69.4. The van der Waals surface area contributed by atoms with Crippen molar-refractivity contribution in [1.82, 2.24) is 9.13 Å². The van der Waals surface area contributed by atoms with Gasteiger partial charge in [0.2, 0.25) is 0 Å². The molecule has 0 spiro atoms. The molecule has 0 aliphatic heterocycles. The maximum atomic E-state index is 2.44. The summed E-state index contributed by atoms with van der Waals surface area (Å²) in [6, 6.07) is 163. The Morgan fingerprint density at radius 3 is 0.809 bits per heavy atom. The molecule has 0 fully saturated rings. The molecule has 20 aromatic rings. The third-order valence-electron chi connectivity index (χ3n) is 23.2. The number of hydrogen-bond donors (Lipinski definition) is 0. The van der Waals surface area contributed by atoms with Gasteiger partial charge in [0, 0.05) is 72.5 Å². The summed E-state index contributed by atoms with van der Waals surface area (Å²) >= 11 is 0. The molecule has 0 radical (unpaired) electrons. The fourth-order valence-electron chi connectivity index (χ4n) is 17.4. The smallest absolute Gasteiger partial charge is 0.0541 e. The minimum Gasteiger partial charge on any atom is -0.311 e. The summed E-state index contributed by atoms with van der Waals surface area (Å²) in [5.41, 5.74) is 36.0. The van der Waals surface area contributed by atoms with Crippen LogP contribution in [0.4, 0.5) is 34.1 Å². The molecule has 2 heterocycles. The number of fused-ring (bicyclic) bond motifs is 9. The number of anilines is 6. The van der Waals surface area contributed by atoms with Gasteiger partial charge in [-0.2, -0.15) is 0 Å². The van der Waals surface area contributed by atoms with E-state index >= 15 is 0 Å². The molecule has 0 saturated heterocycles. The van der Waals surface area contributed by atoms with Gasteiger partial charge in [-0.05, 0) is 246 Å². The third kappa shape index (κ3) is 13.1. The van der Waals surface area contributed by atoms with E-state index in [2.05, 4.69) is 482 Å². The Morgan fingerprint density at radius 2 is 0.409 bits per heavy atom. The van der Waals surface area contributed by atoms with Crippen LogP contribution in [0.5, 0.6) is 0 Å². The predicted molar refractivity (Wildman–Crippen MR) is 487 cm³/mol. The SMILES string of the molecule is CC1(C)c2cc(-c3ccc4c(c3)c3ccccc3n4-c3ccccc3)ccc2-c2ccc(N(c3ccc(-c4ccccc4)cc3)c3ccc(-c4ccccc4)cc3)cc21.c1ccc(-c2ccc(N(c3ccccc3)c3ccc(-c4ccc(-c5ccc6c(c5)c5cc(-c7ccccc7)ccc5n6-c5ccccc5)cc4)cc3)cc2)cc1. The Bertz CT molecular complexity index is 6800. The quantitative estimate of drug-likeness (QED) is 0.102. The van der Waals surface area contributed by atoms with Crippen LogP contribution in [0.15, 0.2) is 449 Å². The Labute approximate surface area is 671 Å². The van der Waals surface area contributed by atoms with Crippen LogP contribution in [0.2, 0.25) is 0 Å². The van der Waals surface area contributed by atoms with Gasteiger partial charge in [0.1, 0.15) is 0 Å². The lowest BCUT2D eigenvalue weighted by atomic mass is 9.81. The van der Waals surface area contributed by atoms with E-state index in [-0.39, 0.29) is 5.41 Å². The molecule has 115 heavy (non-hydrogen) atoms. The van der Waals surface area contributed by atoms with Crippen molar-refractivity contribution in [3.63, 3.8) is 0 Å². The summed E-state index contributed by atoms with van der Waals surface area (Å²) in [6.45, 7) is 4.77. The van der Waals surface area contributed by atoms with Gasteiger partial charge in [-0.15, -0.1) is 0 Å². The molecule has 18 aromatic carbocycles. The van der Waals surface area contributed by atoms with E-state index in [0.717, 1.165) is 39.8 Å². The molecule has 0 amide bonds. The number of para-hydroxylation sites is 4. The largest absolute Gasteiger partial charge is 0.311 e. The van der Waals surface area contributed by atoms with Crippen LogP contribution < -0.4 is 9.80 Å². The Hall–Kier alpha value is -14.8. The molecule has 4 nitrogen and oxygen atoms in total. The van der Waals surface area contributed by atoms with E-state index < -0.39 is 0 Å². The van der Waals surface area contributed by atoms with Crippen LogP contribution in [-0.2, 0) is 5.41 Å². The van der Waals surface area contributed by atoms with Crippen molar-refractivity contribution >= 4 is 77.7 Å². The minimum absolute atomic E-state index is 0.204. The highest BCUT2D eigenvalue weighted by Crippen LogP contribution is 2.53. The fraction of sp³-hybridized carbons (Fsp3) is 0.0270. The zero-order valence-electron chi connectivity index (χ0n) is 64.0. The van der Waals surface area contributed by atoms with Crippen molar-refractivity contribution in [2.75, 3.05) is 9.80 Å². The average molecular weight is 1470 g/mol. The topological polar surface area (TPSA) is 16.3 Å². The molecular weight excluding hydrogens is 1390 g/mol. The lowest BCUT2D eigenvalue weighted by molar-refractivity contribution is 0.660. The van der Waals surface area contributed by atoms with Crippen molar-refractivity contribution in [3.8, 4) is 100 Å². The predicted octanol–water partition coefficient (Wildman–Crippen LogP) is 30.5. The van der Waals surface area contributed by atoms with Crippen molar-refractivity contribution in [2.45, 2.75) is 19.3 Å². The molecule has 1 aliphatic carbocycles. The fourth-order valence-corrected chi connectivity index (χ4v) is 17.4. The Kier molecular flexibility index (Phi) is 18.0. The molecular formula is C111H80N4. The van der Waals surface area contributed by atoms with Gasteiger partial charge in [-0.25, -0.2) is 0 Å². The van der Waals surface area contributed by atoms with E-state index in [1.165, 1.54) is 149 Å². The summed E-state index contributed by atoms with van der Waals surface area (Å²) in [4.78, 5) is 4.71. The summed E-state index contributed by atoms with van der Waals surface area (Å²) < 4.78 is 4.77. The molecule has 0 atom stereocenters.